The molecule has 6 heteroatoms. The van der Waals surface area contributed by atoms with E-state index in [9.17, 15) is 0 Å². The van der Waals surface area contributed by atoms with Gasteiger partial charge in [0.15, 0.2) is 5.58 Å². The smallest absolute Gasteiger partial charge is 0.300 e. The summed E-state index contributed by atoms with van der Waals surface area (Å²) < 4.78 is 16.9. The summed E-state index contributed by atoms with van der Waals surface area (Å²) in [4.78, 5) is 6.94. The zero-order valence-corrected chi connectivity index (χ0v) is 16.8. The SMILES string of the molecule is COc1cccc(-c2cccc3nc(Nc4ccc(N5CCOCC5)cc4)oc23)c1. The van der Waals surface area contributed by atoms with E-state index >= 15 is 0 Å². The van der Waals surface area contributed by atoms with E-state index < -0.39 is 0 Å². The number of nitrogens with one attached hydrogen (secondary N) is 1. The molecular weight excluding hydrogens is 378 g/mol. The van der Waals surface area contributed by atoms with Gasteiger partial charge in [-0.05, 0) is 48.0 Å². The molecule has 0 aliphatic carbocycles. The van der Waals surface area contributed by atoms with Crippen LogP contribution in [0.25, 0.3) is 22.2 Å². The van der Waals surface area contributed by atoms with Crippen molar-refractivity contribution in [1.29, 1.82) is 0 Å². The summed E-state index contributed by atoms with van der Waals surface area (Å²) in [6, 6.07) is 22.7. The number of aromatic nitrogens is 1. The Bertz CT molecular complexity index is 1150. The summed E-state index contributed by atoms with van der Waals surface area (Å²) in [5.41, 5.74) is 5.69. The average Bonchev–Trinajstić information content (AvgIpc) is 3.22. The van der Waals surface area contributed by atoms with Gasteiger partial charge in [0.2, 0.25) is 0 Å². The zero-order chi connectivity index (χ0) is 20.3. The highest BCUT2D eigenvalue weighted by molar-refractivity contribution is 5.91. The van der Waals surface area contributed by atoms with Gasteiger partial charge in [0.25, 0.3) is 6.01 Å². The fraction of sp³-hybridized carbons (Fsp3) is 0.208. The highest BCUT2D eigenvalue weighted by Gasteiger charge is 2.13. The van der Waals surface area contributed by atoms with Crippen LogP contribution in [-0.4, -0.2) is 38.4 Å². The van der Waals surface area contributed by atoms with Crippen LogP contribution in [0.5, 0.6) is 5.75 Å². The molecule has 0 radical (unpaired) electrons. The Morgan fingerprint density at radius 2 is 1.77 bits per heavy atom. The molecule has 0 unspecified atom stereocenters. The standard InChI is InChI=1S/C24H23N3O3/c1-28-20-5-2-4-17(16-20)21-6-3-7-22-23(21)30-24(26-22)25-18-8-10-19(11-9-18)27-12-14-29-15-13-27/h2-11,16H,12-15H2,1H3,(H,25,26). The van der Waals surface area contributed by atoms with E-state index in [-0.39, 0.29) is 0 Å². The maximum atomic E-state index is 6.09. The molecule has 1 fully saturated rings. The van der Waals surface area contributed by atoms with Crippen molar-refractivity contribution >= 4 is 28.5 Å². The van der Waals surface area contributed by atoms with Crippen LogP contribution in [0.3, 0.4) is 0 Å². The molecule has 4 aromatic rings. The van der Waals surface area contributed by atoms with Gasteiger partial charge in [-0.1, -0.05) is 24.3 Å². The van der Waals surface area contributed by atoms with E-state index in [4.69, 9.17) is 13.9 Å². The molecule has 1 aromatic heterocycles. The zero-order valence-electron chi connectivity index (χ0n) is 16.8. The van der Waals surface area contributed by atoms with E-state index in [1.165, 1.54) is 5.69 Å². The minimum Gasteiger partial charge on any atom is -0.497 e. The summed E-state index contributed by atoms with van der Waals surface area (Å²) in [5, 5.41) is 3.28. The number of fused-ring (bicyclic) bond motifs is 1. The summed E-state index contributed by atoms with van der Waals surface area (Å²) in [6.45, 7) is 3.40. The van der Waals surface area contributed by atoms with E-state index in [0.717, 1.165) is 60.0 Å². The lowest BCUT2D eigenvalue weighted by molar-refractivity contribution is 0.122. The quantitative estimate of drug-likeness (QED) is 0.503. The average molecular weight is 401 g/mol. The molecule has 6 nitrogen and oxygen atoms in total. The highest BCUT2D eigenvalue weighted by Crippen LogP contribution is 2.33. The van der Waals surface area contributed by atoms with Crippen LogP contribution >= 0.6 is 0 Å². The first kappa shape index (κ1) is 18.5. The summed E-state index contributed by atoms with van der Waals surface area (Å²) in [7, 11) is 1.67. The summed E-state index contributed by atoms with van der Waals surface area (Å²) in [5.74, 6) is 0.808. The van der Waals surface area contributed by atoms with Crippen molar-refractivity contribution in [2.45, 2.75) is 0 Å². The minimum atomic E-state index is 0.472. The van der Waals surface area contributed by atoms with E-state index in [1.54, 1.807) is 7.11 Å². The van der Waals surface area contributed by atoms with Gasteiger partial charge >= 0.3 is 0 Å². The van der Waals surface area contributed by atoms with Crippen molar-refractivity contribution in [3.05, 3.63) is 66.7 Å². The molecule has 2 heterocycles. The first-order chi connectivity index (χ1) is 14.8. The summed E-state index contributed by atoms with van der Waals surface area (Å²) >= 11 is 0. The molecule has 152 valence electrons. The topological polar surface area (TPSA) is 59.8 Å². The summed E-state index contributed by atoms with van der Waals surface area (Å²) in [6.07, 6.45) is 0. The fourth-order valence-corrected chi connectivity index (χ4v) is 3.72. The Kier molecular flexibility index (Phi) is 4.99. The van der Waals surface area contributed by atoms with Crippen molar-refractivity contribution in [1.82, 2.24) is 4.98 Å². The predicted octanol–water partition coefficient (Wildman–Crippen LogP) is 5.08. The predicted molar refractivity (Wildman–Crippen MR) is 119 cm³/mol. The van der Waals surface area contributed by atoms with Crippen LogP contribution in [0.1, 0.15) is 0 Å². The number of morpholine rings is 1. The molecular formula is C24H23N3O3. The number of hydrogen-bond donors (Lipinski definition) is 1. The molecule has 0 atom stereocenters. The second-order valence-electron chi connectivity index (χ2n) is 7.18. The van der Waals surface area contributed by atoms with Gasteiger partial charge in [0, 0.05) is 30.0 Å². The Morgan fingerprint density at radius 1 is 0.967 bits per heavy atom. The van der Waals surface area contributed by atoms with E-state index in [1.807, 2.05) is 54.6 Å². The number of para-hydroxylation sites is 1. The highest BCUT2D eigenvalue weighted by atomic mass is 16.5. The largest absolute Gasteiger partial charge is 0.497 e. The molecule has 1 N–H and O–H groups in total. The van der Waals surface area contributed by atoms with Gasteiger partial charge < -0.3 is 24.1 Å². The van der Waals surface area contributed by atoms with Crippen LogP contribution in [-0.2, 0) is 4.74 Å². The van der Waals surface area contributed by atoms with Crippen LogP contribution in [0.2, 0.25) is 0 Å². The molecule has 1 aliphatic heterocycles. The number of methoxy groups -OCH3 is 1. The van der Waals surface area contributed by atoms with Gasteiger partial charge in [-0.25, -0.2) is 0 Å². The van der Waals surface area contributed by atoms with Crippen LogP contribution in [0.4, 0.5) is 17.4 Å². The molecule has 1 aliphatic rings. The van der Waals surface area contributed by atoms with Crippen molar-refractivity contribution in [2.75, 3.05) is 43.6 Å². The van der Waals surface area contributed by atoms with Gasteiger partial charge in [0.05, 0.1) is 20.3 Å². The number of hydrogen-bond acceptors (Lipinski definition) is 6. The molecule has 0 amide bonds. The fourth-order valence-electron chi connectivity index (χ4n) is 3.72. The Morgan fingerprint density at radius 3 is 2.57 bits per heavy atom. The number of ether oxygens (including phenoxy) is 2. The molecule has 0 saturated carbocycles. The first-order valence-electron chi connectivity index (χ1n) is 10.0. The van der Waals surface area contributed by atoms with Gasteiger partial charge in [-0.2, -0.15) is 4.98 Å². The third-order valence-corrected chi connectivity index (χ3v) is 5.29. The molecule has 30 heavy (non-hydrogen) atoms. The normalized spacial score (nSPS) is 14.1. The Labute approximate surface area is 175 Å². The molecule has 1 saturated heterocycles. The lowest BCUT2D eigenvalue weighted by Gasteiger charge is -2.28. The molecule has 3 aromatic carbocycles. The van der Waals surface area contributed by atoms with Crippen molar-refractivity contribution in [3.8, 4) is 16.9 Å². The van der Waals surface area contributed by atoms with Gasteiger partial charge in [-0.15, -0.1) is 0 Å². The second kappa shape index (κ2) is 8.08. The molecule has 0 bridgehead atoms. The number of nitrogens with zero attached hydrogens (tertiary/aromatic N) is 2. The molecule has 5 rings (SSSR count). The van der Waals surface area contributed by atoms with Crippen molar-refractivity contribution < 1.29 is 13.9 Å². The monoisotopic (exact) mass is 401 g/mol. The third kappa shape index (κ3) is 3.69. The minimum absolute atomic E-state index is 0.472. The first-order valence-corrected chi connectivity index (χ1v) is 10.0. The van der Waals surface area contributed by atoms with E-state index in [0.29, 0.717) is 6.01 Å². The second-order valence-corrected chi connectivity index (χ2v) is 7.18. The maximum Gasteiger partial charge on any atom is 0.300 e. The van der Waals surface area contributed by atoms with Gasteiger partial charge in [-0.3, -0.25) is 0 Å². The number of rotatable bonds is 5. The van der Waals surface area contributed by atoms with Crippen LogP contribution in [0.15, 0.2) is 71.1 Å². The lowest BCUT2D eigenvalue weighted by atomic mass is 10.0. The lowest BCUT2D eigenvalue weighted by Crippen LogP contribution is -2.36. The maximum absolute atomic E-state index is 6.09. The van der Waals surface area contributed by atoms with Crippen molar-refractivity contribution in [3.63, 3.8) is 0 Å². The molecule has 0 spiro atoms. The number of benzene rings is 3. The number of anilines is 3. The van der Waals surface area contributed by atoms with Crippen LogP contribution < -0.4 is 15.0 Å². The Hall–Kier alpha value is -3.51. The van der Waals surface area contributed by atoms with Gasteiger partial charge in [0.1, 0.15) is 11.3 Å². The Balaban J connectivity index is 1.40. The van der Waals surface area contributed by atoms with Crippen molar-refractivity contribution in [2.24, 2.45) is 0 Å². The number of oxazole rings is 1. The van der Waals surface area contributed by atoms with Crippen LogP contribution in [0, 0.1) is 0 Å². The third-order valence-electron chi connectivity index (χ3n) is 5.29. The van der Waals surface area contributed by atoms with E-state index in [2.05, 4.69) is 27.3 Å².